The van der Waals surface area contributed by atoms with Crippen molar-refractivity contribution in [3.05, 3.63) is 90.4 Å². The molecular formula is C26H20FNO. The highest BCUT2D eigenvalue weighted by Gasteiger charge is 2.14. The van der Waals surface area contributed by atoms with Crippen LogP contribution in [0.4, 0.5) is 4.39 Å². The number of benzene rings is 3. The van der Waals surface area contributed by atoms with Crippen molar-refractivity contribution in [3.8, 4) is 22.4 Å². The number of pyridine rings is 1. The molecule has 5 aromatic rings. The van der Waals surface area contributed by atoms with Gasteiger partial charge in [0.05, 0.1) is 5.69 Å². The van der Waals surface area contributed by atoms with E-state index in [0.717, 1.165) is 49.9 Å². The van der Waals surface area contributed by atoms with E-state index in [4.69, 9.17) is 5.79 Å². The van der Waals surface area contributed by atoms with Crippen molar-refractivity contribution in [2.24, 2.45) is 0 Å². The number of aromatic nitrogens is 1. The van der Waals surface area contributed by atoms with Crippen molar-refractivity contribution in [3.63, 3.8) is 0 Å². The Balaban J connectivity index is 1.69. The number of nitrogens with zero attached hydrogens (tertiary/aromatic N) is 1. The predicted molar refractivity (Wildman–Crippen MR) is 116 cm³/mol. The first kappa shape index (κ1) is 16.5. The van der Waals surface area contributed by atoms with Gasteiger partial charge in [0.1, 0.15) is 17.0 Å². The molecule has 2 aromatic heterocycles. The monoisotopic (exact) mass is 382 g/mol. The molecule has 0 aliphatic carbocycles. The van der Waals surface area contributed by atoms with Crippen molar-refractivity contribution in [1.82, 2.24) is 4.98 Å². The first-order valence-corrected chi connectivity index (χ1v) is 9.58. The molecule has 0 bridgehead atoms. The van der Waals surface area contributed by atoms with Gasteiger partial charge < -0.3 is 4.42 Å². The van der Waals surface area contributed by atoms with Crippen LogP contribution in [0.2, 0.25) is 0 Å². The van der Waals surface area contributed by atoms with Crippen LogP contribution in [0.25, 0.3) is 44.3 Å². The molecule has 5 rings (SSSR count). The van der Waals surface area contributed by atoms with Crippen molar-refractivity contribution >= 4 is 21.9 Å². The number of fused-ring (bicyclic) bond motifs is 3. The van der Waals surface area contributed by atoms with E-state index in [0.29, 0.717) is 0 Å². The van der Waals surface area contributed by atoms with E-state index < -0.39 is 5.89 Å². The van der Waals surface area contributed by atoms with E-state index in [1.165, 1.54) is 12.1 Å². The lowest BCUT2D eigenvalue weighted by atomic mass is 10.00. The van der Waals surface area contributed by atoms with Gasteiger partial charge in [0, 0.05) is 23.9 Å². The minimum atomic E-state index is -0.709. The fourth-order valence-electron chi connectivity index (χ4n) is 3.74. The van der Waals surface area contributed by atoms with Crippen LogP contribution in [-0.2, 0) is 0 Å². The third-order valence-electron chi connectivity index (χ3n) is 5.27. The molecule has 2 nitrogen and oxygen atoms in total. The maximum absolute atomic E-state index is 13.6. The molecule has 3 aromatic carbocycles. The summed E-state index contributed by atoms with van der Waals surface area (Å²) < 4.78 is 28.2. The molecule has 0 radical (unpaired) electrons. The first-order chi connectivity index (χ1) is 14.4. The number of hydrogen-bond acceptors (Lipinski definition) is 2. The second kappa shape index (κ2) is 6.85. The second-order valence-electron chi connectivity index (χ2n) is 7.44. The SMILES string of the molecule is [2H]C(C)(C)c1ccnc(-c2cccc3c2oc2cc(-c4cccc(F)c4)ccc23)c1. The molecule has 0 saturated carbocycles. The molecule has 0 aliphatic heterocycles. The zero-order valence-corrected chi connectivity index (χ0v) is 16.2. The Hall–Kier alpha value is -3.46. The number of rotatable bonds is 3. The van der Waals surface area contributed by atoms with Gasteiger partial charge in [-0.1, -0.05) is 44.2 Å². The van der Waals surface area contributed by atoms with E-state index >= 15 is 0 Å². The molecule has 3 heteroatoms. The summed E-state index contributed by atoms with van der Waals surface area (Å²) in [7, 11) is 0. The molecule has 0 amide bonds. The fraction of sp³-hybridized carbons (Fsp3) is 0.115. The minimum Gasteiger partial charge on any atom is -0.455 e. The lowest BCUT2D eigenvalue weighted by molar-refractivity contribution is 0.628. The average molecular weight is 382 g/mol. The Kier molecular flexibility index (Phi) is 3.90. The van der Waals surface area contributed by atoms with Crippen LogP contribution in [-0.4, -0.2) is 4.98 Å². The van der Waals surface area contributed by atoms with Crippen LogP contribution in [0, 0.1) is 5.82 Å². The van der Waals surface area contributed by atoms with E-state index in [-0.39, 0.29) is 5.82 Å². The third kappa shape index (κ3) is 3.09. The van der Waals surface area contributed by atoms with Gasteiger partial charge in [-0.2, -0.15) is 0 Å². The Labute approximate surface area is 170 Å². The molecule has 0 N–H and O–H groups in total. The lowest BCUT2D eigenvalue weighted by Gasteiger charge is -2.07. The van der Waals surface area contributed by atoms with Crippen LogP contribution >= 0.6 is 0 Å². The van der Waals surface area contributed by atoms with Crippen LogP contribution < -0.4 is 0 Å². The Bertz CT molecular complexity index is 1400. The molecule has 0 aliphatic rings. The highest BCUT2D eigenvalue weighted by atomic mass is 19.1. The minimum absolute atomic E-state index is 0.261. The quantitative estimate of drug-likeness (QED) is 0.321. The van der Waals surface area contributed by atoms with Crippen LogP contribution in [0.5, 0.6) is 0 Å². The van der Waals surface area contributed by atoms with Crippen molar-refractivity contribution in [1.29, 1.82) is 0 Å². The van der Waals surface area contributed by atoms with Crippen molar-refractivity contribution < 1.29 is 10.2 Å². The van der Waals surface area contributed by atoms with Gasteiger partial charge in [-0.05, 0) is 65.0 Å². The number of furan rings is 1. The average Bonchev–Trinajstić information content (AvgIpc) is 3.11. The highest BCUT2D eigenvalue weighted by Crippen LogP contribution is 2.37. The highest BCUT2D eigenvalue weighted by molar-refractivity contribution is 6.10. The molecule has 29 heavy (non-hydrogen) atoms. The van der Waals surface area contributed by atoms with Crippen LogP contribution in [0.15, 0.2) is 83.4 Å². The largest absolute Gasteiger partial charge is 0.455 e. The zero-order valence-electron chi connectivity index (χ0n) is 17.2. The van der Waals surface area contributed by atoms with Gasteiger partial charge in [-0.25, -0.2) is 4.39 Å². The summed E-state index contributed by atoms with van der Waals surface area (Å²) >= 11 is 0. The smallest absolute Gasteiger partial charge is 0.144 e. The number of hydrogen-bond donors (Lipinski definition) is 0. The van der Waals surface area contributed by atoms with Gasteiger partial charge in [0.2, 0.25) is 0 Å². The summed E-state index contributed by atoms with van der Waals surface area (Å²) in [5, 5.41) is 2.01. The Morgan fingerprint density at radius 1 is 0.897 bits per heavy atom. The van der Waals surface area contributed by atoms with E-state index in [1.807, 2.05) is 68.4 Å². The number of para-hydroxylation sites is 1. The molecule has 0 fully saturated rings. The Morgan fingerprint density at radius 3 is 2.55 bits per heavy atom. The normalized spacial score (nSPS) is 12.4. The fourth-order valence-corrected chi connectivity index (χ4v) is 3.74. The second-order valence-corrected chi connectivity index (χ2v) is 7.44. The molecule has 2 heterocycles. The first-order valence-electron chi connectivity index (χ1n) is 10.1. The van der Waals surface area contributed by atoms with Gasteiger partial charge in [0.15, 0.2) is 0 Å². The molecular weight excluding hydrogens is 361 g/mol. The van der Waals surface area contributed by atoms with E-state index in [2.05, 4.69) is 4.98 Å². The molecule has 0 unspecified atom stereocenters. The van der Waals surface area contributed by atoms with Gasteiger partial charge >= 0.3 is 0 Å². The lowest BCUT2D eigenvalue weighted by Crippen LogP contribution is -1.90. The maximum atomic E-state index is 13.6. The summed E-state index contributed by atoms with van der Waals surface area (Å²) in [4.78, 5) is 4.53. The summed E-state index contributed by atoms with van der Waals surface area (Å²) in [5.74, 6) is -0.970. The maximum Gasteiger partial charge on any atom is 0.144 e. The summed E-state index contributed by atoms with van der Waals surface area (Å²) in [5.41, 5.74) is 5.79. The molecule has 0 spiro atoms. The predicted octanol–water partition coefficient (Wildman–Crippen LogP) is 7.58. The summed E-state index contributed by atoms with van der Waals surface area (Å²) in [6.45, 7) is 3.73. The van der Waals surface area contributed by atoms with E-state index in [1.54, 1.807) is 12.3 Å². The van der Waals surface area contributed by atoms with Crippen LogP contribution in [0.1, 0.15) is 26.7 Å². The molecule has 0 atom stereocenters. The third-order valence-corrected chi connectivity index (χ3v) is 5.27. The summed E-state index contributed by atoms with van der Waals surface area (Å²) in [6.07, 6.45) is 1.74. The van der Waals surface area contributed by atoms with E-state index in [9.17, 15) is 4.39 Å². The molecule has 142 valence electrons. The van der Waals surface area contributed by atoms with Gasteiger partial charge in [-0.3, -0.25) is 4.98 Å². The molecule has 0 saturated heterocycles. The van der Waals surface area contributed by atoms with Crippen LogP contribution in [0.3, 0.4) is 0 Å². The number of halogens is 1. The standard InChI is InChI=1S/C26H20FNO/c1-16(2)17-11-12-28-24(14-17)23-8-4-7-22-21-10-9-19(15-25(21)29-26(22)23)18-5-3-6-20(27)13-18/h3-16H,1-2H3/i16D. The Morgan fingerprint density at radius 2 is 1.72 bits per heavy atom. The topological polar surface area (TPSA) is 26.0 Å². The van der Waals surface area contributed by atoms with Gasteiger partial charge in [0.25, 0.3) is 0 Å². The summed E-state index contributed by atoms with van der Waals surface area (Å²) in [6, 6.07) is 22.3. The zero-order chi connectivity index (χ0) is 20.9. The van der Waals surface area contributed by atoms with Crippen molar-refractivity contribution in [2.75, 3.05) is 0 Å². The van der Waals surface area contributed by atoms with Gasteiger partial charge in [-0.15, -0.1) is 0 Å². The van der Waals surface area contributed by atoms with Crippen molar-refractivity contribution in [2.45, 2.75) is 19.7 Å².